The SMILES string of the molecule is CCNC(C)CC(=O)N(Cc1cccc(O)c1)C1CC1. The third-order valence-corrected chi connectivity index (χ3v) is 3.60. The maximum atomic E-state index is 12.4. The highest BCUT2D eigenvalue weighted by molar-refractivity contribution is 5.77. The number of phenolic OH excluding ortho intramolecular Hbond substituents is 1. The number of phenols is 1. The highest BCUT2D eigenvalue weighted by Gasteiger charge is 2.32. The van der Waals surface area contributed by atoms with Crippen molar-refractivity contribution in [1.29, 1.82) is 0 Å². The molecule has 0 aliphatic heterocycles. The van der Waals surface area contributed by atoms with E-state index in [4.69, 9.17) is 0 Å². The molecule has 0 saturated heterocycles. The number of nitrogens with zero attached hydrogens (tertiary/aromatic N) is 1. The second-order valence-electron chi connectivity index (χ2n) is 5.59. The van der Waals surface area contributed by atoms with Crippen LogP contribution in [0.1, 0.15) is 38.7 Å². The molecule has 4 nitrogen and oxygen atoms in total. The number of carbonyl (C=O) groups excluding carboxylic acids is 1. The van der Waals surface area contributed by atoms with E-state index >= 15 is 0 Å². The Bertz CT molecular complexity index is 458. The third-order valence-electron chi connectivity index (χ3n) is 3.60. The molecule has 1 aliphatic carbocycles. The Morgan fingerprint density at radius 3 is 2.85 bits per heavy atom. The highest BCUT2D eigenvalue weighted by atomic mass is 16.3. The predicted molar refractivity (Wildman–Crippen MR) is 79.4 cm³/mol. The van der Waals surface area contributed by atoms with Gasteiger partial charge in [0.2, 0.25) is 5.91 Å². The second kappa shape index (κ2) is 6.75. The average Bonchev–Trinajstić information content (AvgIpc) is 3.20. The minimum atomic E-state index is 0.198. The van der Waals surface area contributed by atoms with Gasteiger partial charge >= 0.3 is 0 Å². The van der Waals surface area contributed by atoms with Crippen molar-refractivity contribution in [2.24, 2.45) is 0 Å². The van der Waals surface area contributed by atoms with Gasteiger partial charge in [-0.05, 0) is 44.0 Å². The first-order valence-corrected chi connectivity index (χ1v) is 7.41. The van der Waals surface area contributed by atoms with Gasteiger partial charge in [0, 0.05) is 25.0 Å². The Morgan fingerprint density at radius 1 is 1.50 bits per heavy atom. The lowest BCUT2D eigenvalue weighted by Gasteiger charge is -2.24. The molecule has 1 aromatic rings. The molecule has 2 rings (SSSR count). The van der Waals surface area contributed by atoms with Gasteiger partial charge in [0.1, 0.15) is 5.75 Å². The lowest BCUT2D eigenvalue weighted by molar-refractivity contribution is -0.132. The van der Waals surface area contributed by atoms with E-state index in [2.05, 4.69) is 5.32 Å². The van der Waals surface area contributed by atoms with Crippen LogP contribution in [0.4, 0.5) is 0 Å². The van der Waals surface area contributed by atoms with Crippen molar-refractivity contribution >= 4 is 5.91 Å². The topological polar surface area (TPSA) is 52.6 Å². The van der Waals surface area contributed by atoms with E-state index in [9.17, 15) is 9.90 Å². The number of hydrogen-bond donors (Lipinski definition) is 2. The van der Waals surface area contributed by atoms with Crippen LogP contribution in [-0.4, -0.2) is 34.5 Å². The monoisotopic (exact) mass is 276 g/mol. The molecule has 0 spiro atoms. The average molecular weight is 276 g/mol. The van der Waals surface area contributed by atoms with Crippen LogP contribution in [0.3, 0.4) is 0 Å². The maximum Gasteiger partial charge on any atom is 0.224 e. The first kappa shape index (κ1) is 14.9. The van der Waals surface area contributed by atoms with Gasteiger partial charge in [-0.2, -0.15) is 0 Å². The van der Waals surface area contributed by atoms with E-state index < -0.39 is 0 Å². The minimum absolute atomic E-state index is 0.198. The van der Waals surface area contributed by atoms with Crippen LogP contribution in [0, 0.1) is 0 Å². The maximum absolute atomic E-state index is 12.4. The van der Waals surface area contributed by atoms with Crippen LogP contribution in [0.2, 0.25) is 0 Å². The zero-order valence-electron chi connectivity index (χ0n) is 12.3. The van der Waals surface area contributed by atoms with Crippen LogP contribution in [0.15, 0.2) is 24.3 Å². The lowest BCUT2D eigenvalue weighted by Crippen LogP contribution is -2.37. The molecule has 1 aliphatic rings. The molecule has 4 heteroatoms. The standard InChI is InChI=1S/C16H24N2O2/c1-3-17-12(2)9-16(20)18(14-7-8-14)11-13-5-4-6-15(19)10-13/h4-6,10,12,14,17,19H,3,7-9,11H2,1-2H3. The van der Waals surface area contributed by atoms with Crippen LogP contribution < -0.4 is 5.32 Å². The van der Waals surface area contributed by atoms with Crippen molar-refractivity contribution in [3.8, 4) is 5.75 Å². The van der Waals surface area contributed by atoms with E-state index in [1.165, 1.54) is 0 Å². The van der Waals surface area contributed by atoms with E-state index in [1.54, 1.807) is 12.1 Å². The summed E-state index contributed by atoms with van der Waals surface area (Å²) < 4.78 is 0. The van der Waals surface area contributed by atoms with Gasteiger partial charge in [-0.15, -0.1) is 0 Å². The number of aromatic hydroxyl groups is 1. The Morgan fingerprint density at radius 2 is 2.25 bits per heavy atom. The summed E-state index contributed by atoms with van der Waals surface area (Å²) in [5.41, 5.74) is 0.987. The first-order chi connectivity index (χ1) is 9.60. The van der Waals surface area contributed by atoms with E-state index in [0.29, 0.717) is 19.0 Å². The summed E-state index contributed by atoms with van der Waals surface area (Å²) in [4.78, 5) is 14.4. The van der Waals surface area contributed by atoms with Gasteiger partial charge in [0.15, 0.2) is 0 Å². The van der Waals surface area contributed by atoms with E-state index in [1.807, 2.05) is 30.9 Å². The summed E-state index contributed by atoms with van der Waals surface area (Å²) >= 11 is 0. The molecule has 1 unspecified atom stereocenters. The summed E-state index contributed by atoms with van der Waals surface area (Å²) in [5.74, 6) is 0.455. The van der Waals surface area contributed by atoms with Gasteiger partial charge in [-0.1, -0.05) is 19.1 Å². The molecular weight excluding hydrogens is 252 g/mol. The fraction of sp³-hybridized carbons (Fsp3) is 0.562. The molecule has 1 atom stereocenters. The normalized spacial score (nSPS) is 15.9. The number of rotatable bonds is 7. The quantitative estimate of drug-likeness (QED) is 0.803. The van der Waals surface area contributed by atoms with Gasteiger partial charge in [0.25, 0.3) is 0 Å². The first-order valence-electron chi connectivity index (χ1n) is 7.41. The van der Waals surface area contributed by atoms with E-state index in [0.717, 1.165) is 24.9 Å². The summed E-state index contributed by atoms with van der Waals surface area (Å²) in [5, 5.41) is 12.8. The molecule has 1 amide bonds. The van der Waals surface area contributed by atoms with Gasteiger partial charge in [0.05, 0.1) is 0 Å². The molecule has 2 N–H and O–H groups in total. The summed E-state index contributed by atoms with van der Waals surface area (Å²) in [6.07, 6.45) is 2.73. The molecule has 1 aromatic carbocycles. The number of amides is 1. The smallest absolute Gasteiger partial charge is 0.224 e. The molecule has 0 radical (unpaired) electrons. The van der Waals surface area contributed by atoms with Gasteiger partial charge in [-0.3, -0.25) is 4.79 Å². The zero-order chi connectivity index (χ0) is 14.5. The number of hydrogen-bond acceptors (Lipinski definition) is 3. The summed E-state index contributed by atoms with van der Waals surface area (Å²) in [7, 11) is 0. The fourth-order valence-electron chi connectivity index (χ4n) is 2.46. The molecule has 1 fully saturated rings. The lowest BCUT2D eigenvalue weighted by atomic mass is 10.1. The van der Waals surface area contributed by atoms with Crippen molar-refractivity contribution in [3.05, 3.63) is 29.8 Å². The van der Waals surface area contributed by atoms with E-state index in [-0.39, 0.29) is 17.7 Å². The predicted octanol–water partition coefficient (Wildman–Crippen LogP) is 2.27. The van der Waals surface area contributed by atoms with Crippen LogP contribution in [0.25, 0.3) is 0 Å². The summed E-state index contributed by atoms with van der Waals surface area (Å²) in [6.45, 7) is 5.56. The Kier molecular flexibility index (Phi) is 5.01. The number of benzene rings is 1. The molecule has 0 heterocycles. The van der Waals surface area contributed by atoms with Gasteiger partial charge < -0.3 is 15.3 Å². The molecule has 0 bridgehead atoms. The molecule has 110 valence electrons. The fourth-order valence-corrected chi connectivity index (χ4v) is 2.46. The van der Waals surface area contributed by atoms with Crippen molar-refractivity contribution in [2.45, 2.75) is 51.7 Å². The number of carbonyl (C=O) groups is 1. The second-order valence-corrected chi connectivity index (χ2v) is 5.59. The third kappa shape index (κ3) is 4.23. The van der Waals surface area contributed by atoms with Crippen molar-refractivity contribution in [2.75, 3.05) is 6.54 Å². The van der Waals surface area contributed by atoms with Crippen molar-refractivity contribution in [1.82, 2.24) is 10.2 Å². The Balaban J connectivity index is 1.98. The Labute approximate surface area is 120 Å². The van der Waals surface area contributed by atoms with Crippen LogP contribution in [-0.2, 0) is 11.3 Å². The molecular formula is C16H24N2O2. The number of nitrogens with one attached hydrogen (secondary N) is 1. The minimum Gasteiger partial charge on any atom is -0.508 e. The van der Waals surface area contributed by atoms with Crippen molar-refractivity contribution < 1.29 is 9.90 Å². The summed E-state index contributed by atoms with van der Waals surface area (Å²) in [6, 6.07) is 7.75. The van der Waals surface area contributed by atoms with Gasteiger partial charge in [-0.25, -0.2) is 0 Å². The highest BCUT2D eigenvalue weighted by Crippen LogP contribution is 2.29. The largest absolute Gasteiger partial charge is 0.508 e. The molecule has 1 saturated carbocycles. The van der Waals surface area contributed by atoms with Crippen LogP contribution >= 0.6 is 0 Å². The zero-order valence-corrected chi connectivity index (χ0v) is 12.3. The molecule has 20 heavy (non-hydrogen) atoms. The van der Waals surface area contributed by atoms with Crippen molar-refractivity contribution in [3.63, 3.8) is 0 Å². The van der Waals surface area contributed by atoms with Crippen LogP contribution in [0.5, 0.6) is 5.75 Å². The molecule has 0 aromatic heterocycles. The Hall–Kier alpha value is -1.55.